The summed E-state index contributed by atoms with van der Waals surface area (Å²) in [5, 5.41) is 3.00. The SMILES string of the molecule is NC(=O)CCCN1CCC(NC(=O)c2cccc(C(F)(F)F)c2)CC1(c1ccccc1)c1ccccc1. The molecule has 0 radical (unpaired) electrons. The maximum atomic E-state index is 13.2. The summed E-state index contributed by atoms with van der Waals surface area (Å²) in [6.45, 7) is 1.25. The van der Waals surface area contributed by atoms with E-state index < -0.39 is 23.2 Å². The summed E-state index contributed by atoms with van der Waals surface area (Å²) in [4.78, 5) is 26.8. The smallest absolute Gasteiger partial charge is 0.370 e. The first-order valence-electron chi connectivity index (χ1n) is 12.3. The van der Waals surface area contributed by atoms with Crippen LogP contribution in [0, 0.1) is 0 Å². The van der Waals surface area contributed by atoms with Gasteiger partial charge >= 0.3 is 6.18 Å². The molecule has 5 nitrogen and oxygen atoms in total. The fraction of sp³-hybridized carbons (Fsp3) is 0.310. The van der Waals surface area contributed by atoms with E-state index in [1.54, 1.807) is 0 Å². The molecule has 3 aromatic rings. The third-order valence-electron chi connectivity index (χ3n) is 6.97. The highest BCUT2D eigenvalue weighted by Crippen LogP contribution is 2.43. The summed E-state index contributed by atoms with van der Waals surface area (Å²) in [7, 11) is 0. The summed E-state index contributed by atoms with van der Waals surface area (Å²) in [6.07, 6.45) is -2.53. The molecule has 2 amide bonds. The van der Waals surface area contributed by atoms with Crippen LogP contribution in [0.3, 0.4) is 0 Å². The van der Waals surface area contributed by atoms with Gasteiger partial charge in [-0.15, -0.1) is 0 Å². The zero-order valence-electron chi connectivity index (χ0n) is 20.4. The Morgan fingerprint density at radius 1 is 0.946 bits per heavy atom. The lowest BCUT2D eigenvalue weighted by Gasteiger charge is -2.51. The molecular weight excluding hydrogens is 479 g/mol. The molecule has 37 heavy (non-hydrogen) atoms. The Balaban J connectivity index is 1.67. The standard InChI is InChI=1S/C29H30F3N3O2/c30-29(31,32)24-14-7-9-21(19-24)27(37)34-25-16-18-35(17-8-15-26(33)36)28(20-25,22-10-3-1-4-11-22)23-12-5-2-6-13-23/h1-7,9-14,19,25H,8,15-18,20H2,(H2,33,36)(H,34,37). The molecule has 8 heteroatoms. The zero-order valence-corrected chi connectivity index (χ0v) is 20.4. The number of amides is 2. The number of nitrogens with zero attached hydrogens (tertiary/aromatic N) is 1. The quantitative estimate of drug-likeness (QED) is 0.443. The summed E-state index contributed by atoms with van der Waals surface area (Å²) in [5.74, 6) is -0.887. The second-order valence-corrected chi connectivity index (χ2v) is 9.39. The van der Waals surface area contributed by atoms with Gasteiger partial charge in [-0.2, -0.15) is 13.2 Å². The van der Waals surface area contributed by atoms with Gasteiger partial charge in [-0.25, -0.2) is 0 Å². The predicted octanol–water partition coefficient (Wildman–Crippen LogP) is 5.11. The highest BCUT2D eigenvalue weighted by atomic mass is 19.4. The number of hydrogen-bond donors (Lipinski definition) is 2. The number of nitrogens with two attached hydrogens (primary N) is 1. The van der Waals surface area contributed by atoms with Crippen LogP contribution in [0.15, 0.2) is 84.9 Å². The number of nitrogens with one attached hydrogen (secondary N) is 1. The first-order chi connectivity index (χ1) is 17.7. The third-order valence-corrected chi connectivity index (χ3v) is 6.97. The molecule has 0 spiro atoms. The Morgan fingerprint density at radius 2 is 1.57 bits per heavy atom. The van der Waals surface area contributed by atoms with Gasteiger partial charge in [0.2, 0.25) is 5.91 Å². The third kappa shape index (κ3) is 6.02. The fourth-order valence-corrected chi connectivity index (χ4v) is 5.26. The van der Waals surface area contributed by atoms with Crippen molar-refractivity contribution in [2.45, 2.75) is 43.4 Å². The van der Waals surface area contributed by atoms with E-state index in [1.807, 2.05) is 60.7 Å². The summed E-state index contributed by atoms with van der Waals surface area (Å²) in [6, 6.07) is 24.1. The highest BCUT2D eigenvalue weighted by molar-refractivity contribution is 5.94. The first kappa shape index (κ1) is 26.4. The number of carbonyl (C=O) groups is 2. The molecule has 0 saturated carbocycles. The fourth-order valence-electron chi connectivity index (χ4n) is 5.26. The van der Waals surface area contributed by atoms with Crippen LogP contribution in [0.4, 0.5) is 13.2 Å². The number of hydrogen-bond acceptors (Lipinski definition) is 3. The highest BCUT2D eigenvalue weighted by Gasteiger charge is 2.45. The number of halogens is 3. The first-order valence-corrected chi connectivity index (χ1v) is 12.3. The number of primary amides is 1. The Labute approximate surface area is 214 Å². The van der Waals surface area contributed by atoms with Gasteiger partial charge in [0.15, 0.2) is 0 Å². The van der Waals surface area contributed by atoms with Crippen LogP contribution < -0.4 is 11.1 Å². The van der Waals surface area contributed by atoms with E-state index in [1.165, 1.54) is 12.1 Å². The second-order valence-electron chi connectivity index (χ2n) is 9.39. The molecular formula is C29H30F3N3O2. The number of rotatable bonds is 8. The molecule has 1 aliphatic rings. The number of likely N-dealkylation sites (tertiary alicyclic amines) is 1. The van der Waals surface area contributed by atoms with Crippen molar-refractivity contribution in [3.05, 3.63) is 107 Å². The van der Waals surface area contributed by atoms with Gasteiger partial charge in [0.1, 0.15) is 0 Å². The maximum Gasteiger partial charge on any atom is 0.416 e. The molecule has 1 unspecified atom stereocenters. The molecule has 0 bridgehead atoms. The van der Waals surface area contributed by atoms with Gasteiger partial charge < -0.3 is 11.1 Å². The molecule has 1 saturated heterocycles. The zero-order chi connectivity index (χ0) is 26.5. The molecule has 1 aliphatic heterocycles. The molecule has 1 fully saturated rings. The van der Waals surface area contributed by atoms with Crippen molar-refractivity contribution in [2.24, 2.45) is 5.73 Å². The Hall–Kier alpha value is -3.65. The van der Waals surface area contributed by atoms with Crippen LogP contribution in [-0.4, -0.2) is 35.8 Å². The van der Waals surface area contributed by atoms with E-state index in [-0.39, 0.29) is 23.9 Å². The van der Waals surface area contributed by atoms with E-state index in [9.17, 15) is 22.8 Å². The van der Waals surface area contributed by atoms with Crippen LogP contribution in [0.25, 0.3) is 0 Å². The van der Waals surface area contributed by atoms with Gasteiger partial charge in [-0.1, -0.05) is 66.7 Å². The largest absolute Gasteiger partial charge is 0.416 e. The molecule has 1 heterocycles. The Morgan fingerprint density at radius 3 is 2.14 bits per heavy atom. The maximum absolute atomic E-state index is 13.2. The molecule has 0 aromatic heterocycles. The van der Waals surface area contributed by atoms with Crippen molar-refractivity contribution in [3.8, 4) is 0 Å². The molecule has 1 atom stereocenters. The van der Waals surface area contributed by atoms with E-state index in [2.05, 4.69) is 10.2 Å². The summed E-state index contributed by atoms with van der Waals surface area (Å²) < 4.78 is 39.6. The van der Waals surface area contributed by atoms with Crippen LogP contribution in [0.1, 0.15) is 52.7 Å². The van der Waals surface area contributed by atoms with E-state index >= 15 is 0 Å². The molecule has 4 rings (SSSR count). The second kappa shape index (κ2) is 11.2. The number of alkyl halides is 3. The van der Waals surface area contributed by atoms with Crippen molar-refractivity contribution in [1.82, 2.24) is 10.2 Å². The van der Waals surface area contributed by atoms with E-state index in [0.29, 0.717) is 32.4 Å². The summed E-state index contributed by atoms with van der Waals surface area (Å²) >= 11 is 0. The summed E-state index contributed by atoms with van der Waals surface area (Å²) in [5.41, 5.74) is 5.99. The van der Waals surface area contributed by atoms with E-state index in [4.69, 9.17) is 5.73 Å². The van der Waals surface area contributed by atoms with Crippen molar-refractivity contribution in [2.75, 3.05) is 13.1 Å². The lowest BCUT2D eigenvalue weighted by atomic mass is 9.73. The van der Waals surface area contributed by atoms with Crippen LogP contribution >= 0.6 is 0 Å². The minimum Gasteiger partial charge on any atom is -0.370 e. The van der Waals surface area contributed by atoms with Crippen LogP contribution in [0.5, 0.6) is 0 Å². The van der Waals surface area contributed by atoms with Gasteiger partial charge in [0.25, 0.3) is 5.91 Å². The normalized spacial score (nSPS) is 17.8. The van der Waals surface area contributed by atoms with Crippen molar-refractivity contribution >= 4 is 11.8 Å². The Kier molecular flexibility index (Phi) is 7.97. The molecule has 194 valence electrons. The average Bonchev–Trinajstić information content (AvgIpc) is 2.90. The van der Waals surface area contributed by atoms with Crippen molar-refractivity contribution in [3.63, 3.8) is 0 Å². The van der Waals surface area contributed by atoms with Gasteiger partial charge in [-0.05, 0) is 55.1 Å². The van der Waals surface area contributed by atoms with Gasteiger partial charge in [-0.3, -0.25) is 14.5 Å². The topological polar surface area (TPSA) is 75.4 Å². The lowest BCUT2D eigenvalue weighted by Crippen LogP contribution is -2.57. The number of carbonyl (C=O) groups excluding carboxylic acids is 2. The molecule has 3 N–H and O–H groups in total. The minimum absolute atomic E-state index is 0.0243. The predicted molar refractivity (Wildman–Crippen MR) is 136 cm³/mol. The van der Waals surface area contributed by atoms with Crippen molar-refractivity contribution in [1.29, 1.82) is 0 Å². The molecule has 0 aliphatic carbocycles. The minimum atomic E-state index is -4.53. The average molecular weight is 510 g/mol. The van der Waals surface area contributed by atoms with Crippen LogP contribution in [-0.2, 0) is 16.5 Å². The lowest BCUT2D eigenvalue weighted by molar-refractivity contribution is -0.137. The monoisotopic (exact) mass is 509 g/mol. The van der Waals surface area contributed by atoms with E-state index in [0.717, 1.165) is 23.3 Å². The number of benzene rings is 3. The molecule has 3 aromatic carbocycles. The van der Waals surface area contributed by atoms with Gasteiger partial charge in [0, 0.05) is 24.6 Å². The van der Waals surface area contributed by atoms with Crippen molar-refractivity contribution < 1.29 is 22.8 Å². The van der Waals surface area contributed by atoms with Crippen LogP contribution in [0.2, 0.25) is 0 Å². The van der Waals surface area contributed by atoms with Gasteiger partial charge in [0.05, 0.1) is 11.1 Å². The number of piperidine rings is 1. The Bertz CT molecular complexity index is 1180.